The highest BCUT2D eigenvalue weighted by atomic mass is 32.1. The maximum atomic E-state index is 5.44. The fourth-order valence-corrected chi connectivity index (χ4v) is 2.60. The molecule has 2 N–H and O–H groups in total. The van der Waals surface area contributed by atoms with Crippen molar-refractivity contribution in [2.45, 2.75) is 39.5 Å². The Balaban J connectivity index is 2.05. The number of hydrogen-bond acceptors (Lipinski definition) is 1. The monoisotopic (exact) mass is 312 g/mol. The molecule has 0 aliphatic heterocycles. The van der Waals surface area contributed by atoms with Crippen LogP contribution in [0.25, 0.3) is 0 Å². The van der Waals surface area contributed by atoms with E-state index in [0.29, 0.717) is 11.0 Å². The van der Waals surface area contributed by atoms with Gasteiger partial charge in [-0.05, 0) is 60.3 Å². The first-order chi connectivity index (χ1) is 10.6. The third-order valence-corrected chi connectivity index (χ3v) is 4.18. The van der Waals surface area contributed by atoms with Gasteiger partial charge in [0.2, 0.25) is 0 Å². The summed E-state index contributed by atoms with van der Waals surface area (Å²) >= 11 is 5.44. The van der Waals surface area contributed by atoms with E-state index in [-0.39, 0.29) is 0 Å². The third-order valence-electron chi connectivity index (χ3n) is 3.97. The highest BCUT2D eigenvalue weighted by molar-refractivity contribution is 7.80. The lowest BCUT2D eigenvalue weighted by atomic mass is 9.97. The second kappa shape index (κ2) is 7.95. The second-order valence-corrected chi connectivity index (χ2v) is 5.93. The van der Waals surface area contributed by atoms with Crippen molar-refractivity contribution >= 4 is 28.7 Å². The molecule has 2 aromatic carbocycles. The summed E-state index contributed by atoms with van der Waals surface area (Å²) in [5, 5.41) is 7.19. The fraction of sp³-hybridized carbons (Fsp3) is 0.316. The van der Waals surface area contributed by atoms with Gasteiger partial charge >= 0.3 is 0 Å². The summed E-state index contributed by atoms with van der Waals surface area (Å²) in [7, 11) is 0. The summed E-state index contributed by atoms with van der Waals surface area (Å²) in [6.07, 6.45) is 2.16. The van der Waals surface area contributed by atoms with Gasteiger partial charge in [-0.15, -0.1) is 0 Å². The number of anilines is 2. The number of benzene rings is 2. The van der Waals surface area contributed by atoms with Crippen LogP contribution in [0.2, 0.25) is 0 Å². The average Bonchev–Trinajstić information content (AvgIpc) is 2.55. The van der Waals surface area contributed by atoms with Gasteiger partial charge in [0, 0.05) is 11.4 Å². The summed E-state index contributed by atoms with van der Waals surface area (Å²) in [6, 6.07) is 16.7. The maximum absolute atomic E-state index is 5.44. The molecule has 0 aromatic heterocycles. The number of nitrogens with one attached hydrogen (secondary N) is 2. The van der Waals surface area contributed by atoms with Crippen molar-refractivity contribution < 1.29 is 0 Å². The average molecular weight is 312 g/mol. The number of para-hydroxylation sites is 1. The van der Waals surface area contributed by atoms with Crippen molar-refractivity contribution in [2.75, 3.05) is 10.6 Å². The van der Waals surface area contributed by atoms with Gasteiger partial charge in [-0.3, -0.25) is 0 Å². The predicted molar refractivity (Wildman–Crippen MR) is 101 cm³/mol. The molecule has 0 saturated heterocycles. The molecule has 0 spiro atoms. The molecule has 0 saturated carbocycles. The van der Waals surface area contributed by atoms with Crippen LogP contribution in [-0.4, -0.2) is 5.11 Å². The van der Waals surface area contributed by atoms with Crippen LogP contribution in [0.1, 0.15) is 44.2 Å². The second-order valence-electron chi connectivity index (χ2n) is 5.53. The molecule has 116 valence electrons. The van der Waals surface area contributed by atoms with Crippen LogP contribution in [0.15, 0.2) is 48.5 Å². The van der Waals surface area contributed by atoms with E-state index in [1.54, 1.807) is 0 Å². The van der Waals surface area contributed by atoms with Crippen LogP contribution in [0.3, 0.4) is 0 Å². The van der Waals surface area contributed by atoms with Crippen molar-refractivity contribution in [1.29, 1.82) is 0 Å². The van der Waals surface area contributed by atoms with E-state index in [9.17, 15) is 0 Å². The van der Waals surface area contributed by atoms with E-state index in [1.807, 2.05) is 6.07 Å². The smallest absolute Gasteiger partial charge is 0.175 e. The topological polar surface area (TPSA) is 24.1 Å². The van der Waals surface area contributed by atoms with Gasteiger partial charge in [0.15, 0.2) is 5.11 Å². The molecule has 0 heterocycles. The Morgan fingerprint density at radius 1 is 1.00 bits per heavy atom. The molecular formula is C19H24N2S. The van der Waals surface area contributed by atoms with Gasteiger partial charge in [-0.2, -0.15) is 0 Å². The molecule has 2 aromatic rings. The molecule has 2 rings (SSSR count). The lowest BCUT2D eigenvalue weighted by Gasteiger charge is -2.17. The first kappa shape index (κ1) is 16.5. The Morgan fingerprint density at radius 2 is 1.68 bits per heavy atom. The zero-order valence-electron chi connectivity index (χ0n) is 13.5. The summed E-state index contributed by atoms with van der Waals surface area (Å²) in [4.78, 5) is 0. The molecular weight excluding hydrogens is 288 g/mol. The fourth-order valence-electron chi connectivity index (χ4n) is 2.37. The SMILES string of the molecule is CCc1ccc(NC(=S)Nc2ccccc2C(C)CC)cc1. The third kappa shape index (κ3) is 4.31. The molecule has 0 fully saturated rings. The van der Waals surface area contributed by atoms with Crippen molar-refractivity contribution in [3.8, 4) is 0 Å². The van der Waals surface area contributed by atoms with Gasteiger partial charge in [0.25, 0.3) is 0 Å². The quantitative estimate of drug-likeness (QED) is 0.706. The van der Waals surface area contributed by atoms with Crippen LogP contribution in [0, 0.1) is 0 Å². The molecule has 2 nitrogen and oxygen atoms in total. The molecule has 3 heteroatoms. The Labute approximate surface area is 139 Å². The minimum absolute atomic E-state index is 0.510. The lowest BCUT2D eigenvalue weighted by Crippen LogP contribution is -2.20. The Bertz CT molecular complexity index is 620. The van der Waals surface area contributed by atoms with E-state index >= 15 is 0 Å². The summed E-state index contributed by atoms with van der Waals surface area (Å²) in [5.41, 5.74) is 4.72. The van der Waals surface area contributed by atoms with Crippen molar-refractivity contribution in [3.05, 3.63) is 59.7 Å². The molecule has 1 unspecified atom stereocenters. The Kier molecular flexibility index (Phi) is 5.96. The molecule has 1 atom stereocenters. The van der Waals surface area contributed by atoms with Crippen LogP contribution in [-0.2, 0) is 6.42 Å². The zero-order valence-corrected chi connectivity index (χ0v) is 14.3. The normalized spacial score (nSPS) is 11.8. The van der Waals surface area contributed by atoms with E-state index in [0.717, 1.165) is 24.2 Å². The van der Waals surface area contributed by atoms with Gasteiger partial charge < -0.3 is 10.6 Å². The lowest BCUT2D eigenvalue weighted by molar-refractivity contribution is 0.736. The Morgan fingerprint density at radius 3 is 2.32 bits per heavy atom. The first-order valence-corrected chi connectivity index (χ1v) is 8.30. The maximum Gasteiger partial charge on any atom is 0.175 e. The zero-order chi connectivity index (χ0) is 15.9. The van der Waals surface area contributed by atoms with E-state index in [1.165, 1.54) is 11.1 Å². The van der Waals surface area contributed by atoms with E-state index in [4.69, 9.17) is 12.2 Å². The Hall–Kier alpha value is -1.87. The molecule has 22 heavy (non-hydrogen) atoms. The molecule has 0 bridgehead atoms. The van der Waals surface area contributed by atoms with Crippen LogP contribution in [0.4, 0.5) is 11.4 Å². The van der Waals surface area contributed by atoms with Crippen molar-refractivity contribution in [1.82, 2.24) is 0 Å². The number of rotatable bonds is 5. The summed E-state index contributed by atoms with van der Waals surface area (Å²) < 4.78 is 0. The largest absolute Gasteiger partial charge is 0.332 e. The van der Waals surface area contributed by atoms with E-state index in [2.05, 4.69) is 73.9 Å². The van der Waals surface area contributed by atoms with Gasteiger partial charge in [0.1, 0.15) is 0 Å². The molecule has 0 radical (unpaired) electrons. The highest BCUT2D eigenvalue weighted by Gasteiger charge is 2.09. The highest BCUT2D eigenvalue weighted by Crippen LogP contribution is 2.26. The standard InChI is InChI=1S/C19H24N2S/c1-4-14(3)17-8-6-7-9-18(17)21-19(22)20-16-12-10-15(5-2)11-13-16/h6-14H,4-5H2,1-3H3,(H2,20,21,22). The molecule has 0 aliphatic rings. The minimum Gasteiger partial charge on any atom is -0.332 e. The molecule has 0 amide bonds. The van der Waals surface area contributed by atoms with Gasteiger partial charge in [-0.1, -0.05) is 51.1 Å². The number of hydrogen-bond donors (Lipinski definition) is 2. The number of thiocarbonyl (C=S) groups is 1. The summed E-state index contributed by atoms with van der Waals surface area (Å²) in [5.74, 6) is 0.510. The van der Waals surface area contributed by atoms with Gasteiger partial charge in [0.05, 0.1) is 0 Å². The van der Waals surface area contributed by atoms with E-state index < -0.39 is 0 Å². The van der Waals surface area contributed by atoms with Crippen molar-refractivity contribution in [3.63, 3.8) is 0 Å². The van der Waals surface area contributed by atoms with Crippen LogP contribution >= 0.6 is 12.2 Å². The van der Waals surface area contributed by atoms with Crippen LogP contribution < -0.4 is 10.6 Å². The predicted octanol–water partition coefficient (Wildman–Crippen LogP) is 5.57. The number of aryl methyl sites for hydroxylation is 1. The minimum atomic E-state index is 0.510. The summed E-state index contributed by atoms with van der Waals surface area (Å²) in [6.45, 7) is 6.59. The van der Waals surface area contributed by atoms with Crippen molar-refractivity contribution in [2.24, 2.45) is 0 Å². The van der Waals surface area contributed by atoms with Crippen LogP contribution in [0.5, 0.6) is 0 Å². The van der Waals surface area contributed by atoms with Gasteiger partial charge in [-0.25, -0.2) is 0 Å². The molecule has 0 aliphatic carbocycles. The first-order valence-electron chi connectivity index (χ1n) is 7.89.